The summed E-state index contributed by atoms with van der Waals surface area (Å²) < 4.78 is 0. The van der Waals surface area contributed by atoms with Crippen LogP contribution in [0, 0.1) is 0 Å². The van der Waals surface area contributed by atoms with Crippen LogP contribution in [0.1, 0.15) is 0 Å². The summed E-state index contributed by atoms with van der Waals surface area (Å²) in [7, 11) is 0. The zero-order chi connectivity index (χ0) is 14.5. The van der Waals surface area contributed by atoms with Crippen LogP contribution in [-0.4, -0.2) is 52.7 Å². The van der Waals surface area contributed by atoms with Gasteiger partial charge in [0.2, 0.25) is 12.4 Å². The van der Waals surface area contributed by atoms with Crippen LogP contribution in [0.4, 0.5) is 17.5 Å². The highest BCUT2D eigenvalue weighted by Crippen LogP contribution is 2.16. The molecule has 1 N–H and O–H groups in total. The van der Waals surface area contributed by atoms with Gasteiger partial charge in [-0.1, -0.05) is 18.2 Å². The van der Waals surface area contributed by atoms with E-state index in [1.165, 1.54) is 0 Å². The van der Waals surface area contributed by atoms with E-state index in [4.69, 9.17) is 0 Å². The van der Waals surface area contributed by atoms with Gasteiger partial charge in [0.1, 0.15) is 0 Å². The molecule has 3 rings (SSSR count). The summed E-state index contributed by atoms with van der Waals surface area (Å²) in [5, 5.41) is 11.1. The second kappa shape index (κ2) is 6.17. The van der Waals surface area contributed by atoms with E-state index in [1.54, 1.807) is 11.1 Å². The lowest BCUT2D eigenvalue weighted by Gasteiger charge is -2.33. The molecule has 1 fully saturated rings. The van der Waals surface area contributed by atoms with E-state index in [0.717, 1.165) is 31.0 Å². The van der Waals surface area contributed by atoms with Crippen molar-refractivity contribution in [3.63, 3.8) is 0 Å². The number of benzene rings is 1. The van der Waals surface area contributed by atoms with Gasteiger partial charge in [0, 0.05) is 31.9 Å². The summed E-state index contributed by atoms with van der Waals surface area (Å²) in [5.41, 5.74) is 0.919. The van der Waals surface area contributed by atoms with Crippen LogP contribution in [0.2, 0.25) is 0 Å². The molecule has 1 saturated heterocycles. The van der Waals surface area contributed by atoms with Crippen LogP contribution in [0.15, 0.2) is 36.5 Å². The molecule has 1 aliphatic rings. The standard InChI is InChI=1S/C14H16N6O/c21-11-19-6-8-20(9-7-19)13-10-15-18-14(17-13)16-12-4-2-1-3-5-12/h1-5,10-11H,6-9H2,(H,16,17,18). The van der Waals surface area contributed by atoms with Crippen LogP contribution >= 0.6 is 0 Å². The second-order valence-electron chi connectivity index (χ2n) is 4.76. The van der Waals surface area contributed by atoms with E-state index in [9.17, 15) is 4.79 Å². The van der Waals surface area contributed by atoms with Gasteiger partial charge in [0.15, 0.2) is 5.82 Å². The molecule has 2 heterocycles. The summed E-state index contributed by atoms with van der Waals surface area (Å²) >= 11 is 0. The minimum Gasteiger partial charge on any atom is -0.352 e. The van der Waals surface area contributed by atoms with E-state index >= 15 is 0 Å². The van der Waals surface area contributed by atoms with Crippen molar-refractivity contribution >= 4 is 23.9 Å². The Labute approximate surface area is 122 Å². The number of carbonyl (C=O) groups is 1. The maximum Gasteiger partial charge on any atom is 0.249 e. The van der Waals surface area contributed by atoms with E-state index < -0.39 is 0 Å². The van der Waals surface area contributed by atoms with E-state index in [2.05, 4.69) is 25.4 Å². The van der Waals surface area contributed by atoms with Crippen molar-refractivity contribution in [1.29, 1.82) is 0 Å². The Kier molecular flexibility index (Phi) is 3.90. The number of carbonyl (C=O) groups excluding carboxylic acids is 1. The van der Waals surface area contributed by atoms with Crippen LogP contribution in [0.3, 0.4) is 0 Å². The van der Waals surface area contributed by atoms with Gasteiger partial charge >= 0.3 is 0 Å². The van der Waals surface area contributed by atoms with Crippen molar-refractivity contribution < 1.29 is 4.79 Å². The van der Waals surface area contributed by atoms with E-state index in [-0.39, 0.29) is 0 Å². The largest absolute Gasteiger partial charge is 0.352 e. The Morgan fingerprint density at radius 1 is 1.10 bits per heavy atom. The molecule has 0 spiro atoms. The van der Waals surface area contributed by atoms with Gasteiger partial charge in [-0.05, 0) is 12.1 Å². The van der Waals surface area contributed by atoms with Crippen molar-refractivity contribution in [2.75, 3.05) is 36.4 Å². The summed E-state index contributed by atoms with van der Waals surface area (Å²) in [6.07, 6.45) is 2.53. The highest BCUT2D eigenvalue weighted by atomic mass is 16.1. The first kappa shape index (κ1) is 13.3. The molecular formula is C14H16N6O. The molecule has 1 aliphatic heterocycles. The summed E-state index contributed by atoms with van der Waals surface area (Å²) in [6, 6.07) is 9.72. The normalized spacial score (nSPS) is 14.9. The molecule has 0 radical (unpaired) electrons. The first-order valence-electron chi connectivity index (χ1n) is 6.81. The quantitative estimate of drug-likeness (QED) is 0.841. The molecule has 0 unspecified atom stereocenters. The lowest BCUT2D eigenvalue weighted by Crippen LogP contribution is -2.46. The molecule has 0 bridgehead atoms. The van der Waals surface area contributed by atoms with Crippen molar-refractivity contribution in [2.24, 2.45) is 0 Å². The Balaban J connectivity index is 1.70. The minimum atomic E-state index is 0.469. The maximum absolute atomic E-state index is 10.7. The Hall–Kier alpha value is -2.70. The average Bonchev–Trinajstić information content (AvgIpc) is 2.56. The van der Waals surface area contributed by atoms with Gasteiger partial charge in [-0.25, -0.2) is 0 Å². The third-order valence-corrected chi connectivity index (χ3v) is 3.36. The van der Waals surface area contributed by atoms with E-state index in [1.807, 2.05) is 30.3 Å². The Bertz CT molecular complexity index is 597. The number of nitrogens with one attached hydrogen (secondary N) is 1. The molecule has 7 nitrogen and oxygen atoms in total. The number of aromatic nitrogens is 3. The Morgan fingerprint density at radius 2 is 1.86 bits per heavy atom. The number of nitrogens with zero attached hydrogens (tertiary/aromatic N) is 5. The van der Waals surface area contributed by atoms with Gasteiger partial charge < -0.3 is 15.1 Å². The fraction of sp³-hybridized carbons (Fsp3) is 0.286. The molecule has 108 valence electrons. The van der Waals surface area contributed by atoms with Crippen molar-refractivity contribution in [1.82, 2.24) is 20.1 Å². The average molecular weight is 284 g/mol. The lowest BCUT2D eigenvalue weighted by atomic mass is 10.3. The third-order valence-electron chi connectivity index (χ3n) is 3.36. The Morgan fingerprint density at radius 3 is 2.57 bits per heavy atom. The lowest BCUT2D eigenvalue weighted by molar-refractivity contribution is -0.118. The number of rotatable bonds is 4. The van der Waals surface area contributed by atoms with Gasteiger partial charge in [-0.15, -0.1) is 5.10 Å². The predicted molar refractivity (Wildman–Crippen MR) is 79.4 cm³/mol. The zero-order valence-corrected chi connectivity index (χ0v) is 11.5. The molecule has 1 amide bonds. The fourth-order valence-corrected chi connectivity index (χ4v) is 2.21. The topological polar surface area (TPSA) is 74.2 Å². The van der Waals surface area contributed by atoms with Crippen LogP contribution in [0.5, 0.6) is 0 Å². The highest BCUT2D eigenvalue weighted by molar-refractivity contribution is 5.54. The summed E-state index contributed by atoms with van der Waals surface area (Å²) in [4.78, 5) is 19.1. The van der Waals surface area contributed by atoms with Gasteiger partial charge in [-0.3, -0.25) is 4.79 Å². The maximum atomic E-state index is 10.7. The van der Waals surface area contributed by atoms with Crippen molar-refractivity contribution in [2.45, 2.75) is 0 Å². The monoisotopic (exact) mass is 284 g/mol. The van der Waals surface area contributed by atoms with Crippen molar-refractivity contribution in [3.8, 4) is 0 Å². The highest BCUT2D eigenvalue weighted by Gasteiger charge is 2.17. The van der Waals surface area contributed by atoms with Gasteiger partial charge in [0.05, 0.1) is 6.20 Å². The molecule has 0 aliphatic carbocycles. The van der Waals surface area contributed by atoms with Gasteiger partial charge in [-0.2, -0.15) is 10.1 Å². The molecule has 1 aromatic heterocycles. The fourth-order valence-electron chi connectivity index (χ4n) is 2.21. The first-order chi connectivity index (χ1) is 10.3. The molecule has 7 heteroatoms. The predicted octanol–water partition coefficient (Wildman–Crippen LogP) is 0.894. The molecule has 0 saturated carbocycles. The van der Waals surface area contributed by atoms with Gasteiger partial charge in [0.25, 0.3) is 0 Å². The second-order valence-corrected chi connectivity index (χ2v) is 4.76. The van der Waals surface area contributed by atoms with Crippen LogP contribution in [0.25, 0.3) is 0 Å². The molecule has 0 atom stereocenters. The molecule has 2 aromatic rings. The number of hydrogen-bond donors (Lipinski definition) is 1. The molecular weight excluding hydrogens is 268 g/mol. The molecule has 1 aromatic carbocycles. The first-order valence-corrected chi connectivity index (χ1v) is 6.81. The number of piperazine rings is 1. The summed E-state index contributed by atoms with van der Waals surface area (Å²) in [6.45, 7) is 2.91. The SMILES string of the molecule is O=CN1CCN(c2cnnc(Nc3ccccc3)n2)CC1. The zero-order valence-electron chi connectivity index (χ0n) is 11.5. The number of amides is 1. The van der Waals surface area contributed by atoms with Crippen molar-refractivity contribution in [3.05, 3.63) is 36.5 Å². The van der Waals surface area contributed by atoms with Crippen LogP contribution in [-0.2, 0) is 4.79 Å². The van der Waals surface area contributed by atoms with E-state index in [0.29, 0.717) is 19.0 Å². The smallest absolute Gasteiger partial charge is 0.249 e. The minimum absolute atomic E-state index is 0.469. The number of hydrogen-bond acceptors (Lipinski definition) is 6. The third kappa shape index (κ3) is 3.25. The number of anilines is 3. The van der Waals surface area contributed by atoms with Crippen LogP contribution < -0.4 is 10.2 Å². The summed E-state index contributed by atoms with van der Waals surface area (Å²) in [5.74, 6) is 1.24. The number of para-hydroxylation sites is 1. The molecule has 21 heavy (non-hydrogen) atoms.